The molecule has 22 heavy (non-hydrogen) atoms. The van der Waals surface area contributed by atoms with Gasteiger partial charge < -0.3 is 10.0 Å². The number of carboxylic acids is 1. The highest BCUT2D eigenvalue weighted by molar-refractivity contribution is 5.98. The number of nitrogens with zero attached hydrogens (tertiary/aromatic N) is 3. The molecule has 1 aromatic carbocycles. The first-order valence-corrected chi connectivity index (χ1v) is 6.78. The molecule has 0 saturated carbocycles. The van der Waals surface area contributed by atoms with Gasteiger partial charge in [0.2, 0.25) is 0 Å². The lowest BCUT2D eigenvalue weighted by atomic mass is 10.1. The molecule has 0 aliphatic carbocycles. The zero-order valence-corrected chi connectivity index (χ0v) is 12.3. The second-order valence-electron chi connectivity index (χ2n) is 4.67. The van der Waals surface area contributed by atoms with Crippen molar-refractivity contribution >= 4 is 23.0 Å². The van der Waals surface area contributed by atoms with Gasteiger partial charge in [0.1, 0.15) is 5.69 Å². The Hall–Kier alpha value is -2.71. The number of non-ortho nitro benzene ring substituents is 1. The van der Waals surface area contributed by atoms with E-state index in [1.54, 1.807) is 4.90 Å². The predicted molar refractivity (Wildman–Crippen MR) is 79.5 cm³/mol. The van der Waals surface area contributed by atoms with Crippen molar-refractivity contribution in [2.75, 3.05) is 18.0 Å². The van der Waals surface area contributed by atoms with Crippen molar-refractivity contribution < 1.29 is 19.7 Å². The fraction of sp³-hybridized carbons (Fsp3) is 0.462. The van der Waals surface area contributed by atoms with Crippen molar-refractivity contribution in [2.24, 2.45) is 0 Å². The molecule has 0 fully saturated rings. The molecule has 0 aliphatic rings. The highest BCUT2D eigenvalue weighted by Gasteiger charge is 2.30. The first-order valence-electron chi connectivity index (χ1n) is 6.78. The third-order valence-electron chi connectivity index (χ3n) is 3.02. The quantitative estimate of drug-likeness (QED) is 0.577. The maximum Gasteiger partial charge on any atom is 0.338 e. The maximum absolute atomic E-state index is 11.4. The molecular formula is C13H17N3O6. The third-order valence-corrected chi connectivity index (χ3v) is 3.02. The van der Waals surface area contributed by atoms with Crippen LogP contribution in [0, 0.1) is 20.2 Å². The minimum Gasteiger partial charge on any atom is -0.478 e. The summed E-state index contributed by atoms with van der Waals surface area (Å²) in [4.78, 5) is 33.5. The van der Waals surface area contributed by atoms with Crippen LogP contribution in [0.4, 0.5) is 17.1 Å². The Labute approximate surface area is 126 Å². The first kappa shape index (κ1) is 17.3. The molecule has 0 unspecified atom stereocenters. The average Bonchev–Trinajstić information content (AvgIpc) is 2.45. The maximum atomic E-state index is 11.4. The molecule has 0 aromatic heterocycles. The Balaban J connectivity index is 3.66. The number of carboxylic acid groups (broad SMARTS) is 1. The van der Waals surface area contributed by atoms with Gasteiger partial charge in [0, 0.05) is 19.2 Å². The molecule has 9 nitrogen and oxygen atoms in total. The van der Waals surface area contributed by atoms with Crippen molar-refractivity contribution in [3.63, 3.8) is 0 Å². The number of nitro benzene ring substituents is 2. The molecule has 1 rings (SSSR count). The molecule has 9 heteroatoms. The molecule has 0 aliphatic heterocycles. The smallest absolute Gasteiger partial charge is 0.338 e. The van der Waals surface area contributed by atoms with E-state index in [1.807, 2.05) is 13.8 Å². The normalized spacial score (nSPS) is 10.3. The van der Waals surface area contributed by atoms with Crippen LogP contribution in [0.3, 0.4) is 0 Å². The zero-order valence-electron chi connectivity index (χ0n) is 12.3. The Morgan fingerprint density at radius 1 is 1.14 bits per heavy atom. The molecule has 1 N–H and O–H groups in total. The highest BCUT2D eigenvalue weighted by Crippen LogP contribution is 2.36. The van der Waals surface area contributed by atoms with Gasteiger partial charge in [-0.05, 0) is 12.8 Å². The van der Waals surface area contributed by atoms with Crippen LogP contribution in [0.1, 0.15) is 37.0 Å². The van der Waals surface area contributed by atoms with Gasteiger partial charge in [-0.2, -0.15) is 0 Å². The van der Waals surface area contributed by atoms with Gasteiger partial charge in [0.15, 0.2) is 0 Å². The van der Waals surface area contributed by atoms with E-state index in [9.17, 15) is 30.1 Å². The Morgan fingerprint density at radius 3 is 2.05 bits per heavy atom. The summed E-state index contributed by atoms with van der Waals surface area (Å²) in [5.74, 6) is -1.43. The van der Waals surface area contributed by atoms with Crippen LogP contribution < -0.4 is 4.90 Å². The van der Waals surface area contributed by atoms with Crippen LogP contribution >= 0.6 is 0 Å². The molecule has 0 amide bonds. The molecule has 120 valence electrons. The molecule has 0 atom stereocenters. The third kappa shape index (κ3) is 3.68. The minimum absolute atomic E-state index is 0.0770. The number of hydrogen-bond donors (Lipinski definition) is 1. The monoisotopic (exact) mass is 311 g/mol. The predicted octanol–water partition coefficient (Wildman–Crippen LogP) is 2.83. The van der Waals surface area contributed by atoms with E-state index in [0.717, 1.165) is 12.1 Å². The van der Waals surface area contributed by atoms with Crippen LogP contribution in [0.2, 0.25) is 0 Å². The average molecular weight is 311 g/mol. The summed E-state index contributed by atoms with van der Waals surface area (Å²) in [5, 5.41) is 31.4. The first-order chi connectivity index (χ1) is 10.3. The zero-order chi connectivity index (χ0) is 16.9. The summed E-state index contributed by atoms with van der Waals surface area (Å²) in [6.07, 6.45) is 1.32. The summed E-state index contributed by atoms with van der Waals surface area (Å²) in [6.45, 7) is 4.57. The number of nitro groups is 2. The van der Waals surface area contributed by atoms with E-state index in [0.29, 0.717) is 25.9 Å². The fourth-order valence-corrected chi connectivity index (χ4v) is 2.22. The number of benzene rings is 1. The summed E-state index contributed by atoms with van der Waals surface area (Å²) in [6, 6.07) is 1.67. The molecule has 0 spiro atoms. The number of aromatic carboxylic acids is 1. The number of carbonyl (C=O) groups is 1. The topological polar surface area (TPSA) is 127 Å². The van der Waals surface area contributed by atoms with Crippen molar-refractivity contribution in [3.8, 4) is 0 Å². The van der Waals surface area contributed by atoms with Gasteiger partial charge in [0.05, 0.1) is 21.5 Å². The fourth-order valence-electron chi connectivity index (χ4n) is 2.22. The minimum atomic E-state index is -1.43. The Morgan fingerprint density at radius 2 is 1.68 bits per heavy atom. The van der Waals surface area contributed by atoms with Crippen LogP contribution in [0.15, 0.2) is 12.1 Å². The molecule has 0 bridgehead atoms. The lowest BCUT2D eigenvalue weighted by Gasteiger charge is -2.24. The van der Waals surface area contributed by atoms with Crippen molar-refractivity contribution in [2.45, 2.75) is 26.7 Å². The Bertz CT molecular complexity index is 560. The van der Waals surface area contributed by atoms with E-state index >= 15 is 0 Å². The van der Waals surface area contributed by atoms with E-state index in [4.69, 9.17) is 0 Å². The van der Waals surface area contributed by atoms with Crippen LogP contribution in [0.5, 0.6) is 0 Å². The van der Waals surface area contributed by atoms with Gasteiger partial charge in [0.25, 0.3) is 11.4 Å². The standard InChI is InChI=1S/C13H17N3O6/c1-3-5-14(6-4-2)12-10(13(17)18)7-9(15(19)20)8-11(12)16(21)22/h7-8H,3-6H2,1-2H3,(H,17,18). The molecule has 0 heterocycles. The van der Waals surface area contributed by atoms with Gasteiger partial charge in [-0.3, -0.25) is 20.2 Å². The van der Waals surface area contributed by atoms with E-state index in [-0.39, 0.29) is 5.69 Å². The largest absolute Gasteiger partial charge is 0.478 e. The van der Waals surface area contributed by atoms with Gasteiger partial charge in [-0.1, -0.05) is 13.8 Å². The number of anilines is 1. The SMILES string of the molecule is CCCN(CCC)c1c(C(=O)O)cc([N+](=O)[O-])cc1[N+](=O)[O-]. The summed E-state index contributed by atoms with van der Waals surface area (Å²) in [7, 11) is 0. The molecular weight excluding hydrogens is 294 g/mol. The summed E-state index contributed by atoms with van der Waals surface area (Å²) in [5.41, 5.74) is -1.68. The number of rotatable bonds is 8. The van der Waals surface area contributed by atoms with Gasteiger partial charge in [-0.25, -0.2) is 4.79 Å². The van der Waals surface area contributed by atoms with Crippen molar-refractivity contribution in [3.05, 3.63) is 37.9 Å². The summed E-state index contributed by atoms with van der Waals surface area (Å²) < 4.78 is 0. The van der Waals surface area contributed by atoms with Crippen molar-refractivity contribution in [1.29, 1.82) is 0 Å². The second kappa shape index (κ2) is 7.34. The molecule has 1 aromatic rings. The van der Waals surface area contributed by atoms with Gasteiger partial charge in [-0.15, -0.1) is 0 Å². The Kier molecular flexibility index (Phi) is 5.79. The van der Waals surface area contributed by atoms with Crippen LogP contribution in [-0.4, -0.2) is 34.0 Å². The van der Waals surface area contributed by atoms with E-state index < -0.39 is 32.8 Å². The summed E-state index contributed by atoms with van der Waals surface area (Å²) >= 11 is 0. The lowest BCUT2D eigenvalue weighted by molar-refractivity contribution is -0.393. The van der Waals surface area contributed by atoms with Crippen molar-refractivity contribution in [1.82, 2.24) is 0 Å². The van der Waals surface area contributed by atoms with E-state index in [2.05, 4.69) is 0 Å². The van der Waals surface area contributed by atoms with Crippen LogP contribution in [0.25, 0.3) is 0 Å². The van der Waals surface area contributed by atoms with Gasteiger partial charge >= 0.3 is 5.97 Å². The second-order valence-corrected chi connectivity index (χ2v) is 4.67. The molecule has 0 saturated heterocycles. The number of hydrogen-bond acceptors (Lipinski definition) is 6. The molecule has 0 radical (unpaired) electrons. The van der Waals surface area contributed by atoms with Crippen LogP contribution in [-0.2, 0) is 0 Å². The van der Waals surface area contributed by atoms with E-state index in [1.165, 1.54) is 0 Å². The lowest BCUT2D eigenvalue weighted by Crippen LogP contribution is -2.27. The highest BCUT2D eigenvalue weighted by atomic mass is 16.6.